The average molecular weight is 410 g/mol. The molecule has 2 aromatic carbocycles. The number of hydrogen-bond acceptors (Lipinski definition) is 4. The molecule has 1 unspecified atom stereocenters. The van der Waals surface area contributed by atoms with Crippen LogP contribution in [-0.4, -0.2) is 26.3 Å². The smallest absolute Gasteiger partial charge is 0.348 e. The van der Waals surface area contributed by atoms with Crippen LogP contribution in [0.25, 0.3) is 5.69 Å². The van der Waals surface area contributed by atoms with Gasteiger partial charge in [0.15, 0.2) is 0 Å². The Balaban J connectivity index is 2.18. The van der Waals surface area contributed by atoms with E-state index in [9.17, 15) is 18.8 Å². The van der Waals surface area contributed by atoms with Crippen LogP contribution >= 0.6 is 0 Å². The molecule has 1 aromatic heterocycles. The maximum absolute atomic E-state index is 13.7. The Labute approximate surface area is 172 Å². The first-order chi connectivity index (χ1) is 14.3. The molecule has 1 heterocycles. The van der Waals surface area contributed by atoms with E-state index in [0.29, 0.717) is 12.0 Å². The fourth-order valence-electron chi connectivity index (χ4n) is 2.84. The van der Waals surface area contributed by atoms with E-state index in [2.05, 4.69) is 10.4 Å². The van der Waals surface area contributed by atoms with Gasteiger partial charge in [-0.05, 0) is 44.0 Å². The number of hydrogen-bond donors (Lipinski definition) is 1. The van der Waals surface area contributed by atoms with Gasteiger partial charge in [0.25, 0.3) is 11.5 Å². The number of aryl methyl sites for hydroxylation is 1. The first-order valence-corrected chi connectivity index (χ1v) is 9.66. The Bertz CT molecular complexity index is 1180. The van der Waals surface area contributed by atoms with Crippen molar-refractivity contribution in [1.82, 2.24) is 19.7 Å². The Morgan fingerprint density at radius 2 is 1.87 bits per heavy atom. The van der Waals surface area contributed by atoms with E-state index < -0.39 is 28.7 Å². The maximum Gasteiger partial charge on any atom is 0.352 e. The van der Waals surface area contributed by atoms with Gasteiger partial charge in [0.2, 0.25) is 5.69 Å². The second kappa shape index (κ2) is 8.86. The molecule has 0 saturated carbocycles. The summed E-state index contributed by atoms with van der Waals surface area (Å²) in [6.45, 7) is 5.57. The molecular weight excluding hydrogens is 387 g/mol. The molecule has 8 heteroatoms. The van der Waals surface area contributed by atoms with Crippen LogP contribution in [0.2, 0.25) is 0 Å². The molecule has 0 fully saturated rings. The summed E-state index contributed by atoms with van der Waals surface area (Å²) in [5, 5.41) is 6.67. The van der Waals surface area contributed by atoms with Gasteiger partial charge in [0, 0.05) is 6.04 Å². The van der Waals surface area contributed by atoms with E-state index in [1.807, 2.05) is 26.0 Å². The Morgan fingerprint density at radius 3 is 2.50 bits per heavy atom. The van der Waals surface area contributed by atoms with Crippen molar-refractivity contribution in [2.45, 2.75) is 39.8 Å². The molecule has 30 heavy (non-hydrogen) atoms. The van der Waals surface area contributed by atoms with Crippen LogP contribution in [-0.2, 0) is 6.54 Å². The van der Waals surface area contributed by atoms with Crippen LogP contribution in [0.1, 0.15) is 41.9 Å². The molecule has 0 aliphatic rings. The molecule has 0 saturated heterocycles. The van der Waals surface area contributed by atoms with Crippen LogP contribution in [0.4, 0.5) is 4.39 Å². The molecule has 156 valence electrons. The van der Waals surface area contributed by atoms with Crippen LogP contribution in [0.3, 0.4) is 0 Å². The standard InChI is InChI=1S/C22H23FN4O3/c1-4-15(3)24-20(28)19-21(29)26(13-16-10-8-14(2)9-11-16)22(30)27(25-19)18-7-5-6-17(23)12-18/h5-12,15H,4,13H2,1-3H3,(H,24,28). The molecule has 1 N–H and O–H groups in total. The SMILES string of the molecule is CCC(C)NC(=O)c1nn(-c2cccc(F)c2)c(=O)n(Cc2ccc(C)cc2)c1=O. The van der Waals surface area contributed by atoms with Gasteiger partial charge in [-0.2, -0.15) is 9.78 Å². The first kappa shape index (κ1) is 21.2. The molecule has 0 radical (unpaired) electrons. The molecule has 7 nitrogen and oxygen atoms in total. The summed E-state index contributed by atoms with van der Waals surface area (Å²) in [6, 6.07) is 12.4. The minimum atomic E-state index is -0.797. The van der Waals surface area contributed by atoms with Crippen LogP contribution < -0.4 is 16.6 Å². The number of nitrogens with zero attached hydrogens (tertiary/aromatic N) is 3. The van der Waals surface area contributed by atoms with E-state index in [1.54, 1.807) is 19.1 Å². The third kappa shape index (κ3) is 4.53. The zero-order chi connectivity index (χ0) is 21.8. The molecule has 0 spiro atoms. The highest BCUT2D eigenvalue weighted by atomic mass is 19.1. The lowest BCUT2D eigenvalue weighted by molar-refractivity contribution is 0.0929. The Hall–Kier alpha value is -3.55. The molecule has 1 amide bonds. The van der Waals surface area contributed by atoms with Crippen molar-refractivity contribution in [3.05, 3.63) is 92.0 Å². The minimum absolute atomic E-state index is 0.0423. The lowest BCUT2D eigenvalue weighted by Crippen LogP contribution is -2.47. The van der Waals surface area contributed by atoms with Crippen molar-refractivity contribution in [2.24, 2.45) is 0 Å². The second-order valence-electron chi connectivity index (χ2n) is 7.18. The average Bonchev–Trinajstić information content (AvgIpc) is 2.72. The number of nitrogens with one attached hydrogen (secondary N) is 1. The number of aromatic nitrogens is 3. The number of rotatable bonds is 6. The van der Waals surface area contributed by atoms with Crippen molar-refractivity contribution < 1.29 is 9.18 Å². The molecule has 0 aliphatic heterocycles. The number of carbonyl (C=O) groups is 1. The van der Waals surface area contributed by atoms with Gasteiger partial charge >= 0.3 is 5.69 Å². The molecule has 3 rings (SSSR count). The van der Waals surface area contributed by atoms with Crippen molar-refractivity contribution >= 4 is 5.91 Å². The third-order valence-corrected chi connectivity index (χ3v) is 4.78. The summed E-state index contributed by atoms with van der Waals surface area (Å²) in [4.78, 5) is 38.7. The van der Waals surface area contributed by atoms with E-state index in [1.165, 1.54) is 18.2 Å². The normalized spacial score (nSPS) is 11.9. The summed E-state index contributed by atoms with van der Waals surface area (Å²) in [7, 11) is 0. The predicted molar refractivity (Wildman–Crippen MR) is 112 cm³/mol. The number of halogens is 1. The molecular formula is C22H23FN4O3. The minimum Gasteiger partial charge on any atom is -0.348 e. The van der Waals surface area contributed by atoms with E-state index in [0.717, 1.165) is 20.9 Å². The van der Waals surface area contributed by atoms with E-state index in [4.69, 9.17) is 0 Å². The Morgan fingerprint density at radius 1 is 1.17 bits per heavy atom. The van der Waals surface area contributed by atoms with Crippen LogP contribution in [0.15, 0.2) is 58.1 Å². The molecule has 1 atom stereocenters. The van der Waals surface area contributed by atoms with Gasteiger partial charge in [-0.25, -0.2) is 9.18 Å². The zero-order valence-corrected chi connectivity index (χ0v) is 17.1. The van der Waals surface area contributed by atoms with Crippen molar-refractivity contribution in [3.63, 3.8) is 0 Å². The van der Waals surface area contributed by atoms with Gasteiger partial charge < -0.3 is 5.32 Å². The molecule has 0 aliphatic carbocycles. The summed E-state index contributed by atoms with van der Waals surface area (Å²) in [6.07, 6.45) is 0.660. The van der Waals surface area contributed by atoms with Gasteiger partial charge in [-0.1, -0.05) is 42.8 Å². The van der Waals surface area contributed by atoms with Crippen molar-refractivity contribution in [1.29, 1.82) is 0 Å². The van der Waals surface area contributed by atoms with Gasteiger partial charge in [-0.3, -0.25) is 14.2 Å². The fourth-order valence-corrected chi connectivity index (χ4v) is 2.84. The second-order valence-corrected chi connectivity index (χ2v) is 7.18. The quantitative estimate of drug-likeness (QED) is 0.676. The fraction of sp³-hybridized carbons (Fsp3) is 0.273. The maximum atomic E-state index is 13.7. The monoisotopic (exact) mass is 410 g/mol. The highest BCUT2D eigenvalue weighted by Crippen LogP contribution is 2.07. The summed E-state index contributed by atoms with van der Waals surface area (Å²) >= 11 is 0. The number of benzene rings is 2. The summed E-state index contributed by atoms with van der Waals surface area (Å²) < 4.78 is 15.6. The predicted octanol–water partition coefficient (Wildman–Crippen LogP) is 2.42. The molecule has 3 aromatic rings. The van der Waals surface area contributed by atoms with Crippen molar-refractivity contribution in [2.75, 3.05) is 0 Å². The van der Waals surface area contributed by atoms with Crippen molar-refractivity contribution in [3.8, 4) is 5.69 Å². The first-order valence-electron chi connectivity index (χ1n) is 9.66. The van der Waals surface area contributed by atoms with Gasteiger partial charge in [0.1, 0.15) is 5.82 Å². The Kier molecular flexibility index (Phi) is 6.25. The topological polar surface area (TPSA) is 86.0 Å². The lowest BCUT2D eigenvalue weighted by atomic mass is 10.1. The summed E-state index contributed by atoms with van der Waals surface area (Å²) in [5.74, 6) is -1.25. The summed E-state index contributed by atoms with van der Waals surface area (Å²) in [5.41, 5.74) is -0.112. The van der Waals surface area contributed by atoms with E-state index >= 15 is 0 Å². The lowest BCUT2D eigenvalue weighted by Gasteiger charge is -2.14. The third-order valence-electron chi connectivity index (χ3n) is 4.78. The zero-order valence-electron chi connectivity index (χ0n) is 17.1. The number of amides is 1. The molecule has 0 bridgehead atoms. The van der Waals surface area contributed by atoms with Gasteiger partial charge in [-0.15, -0.1) is 0 Å². The van der Waals surface area contributed by atoms with Crippen LogP contribution in [0.5, 0.6) is 0 Å². The largest absolute Gasteiger partial charge is 0.352 e. The van der Waals surface area contributed by atoms with Crippen LogP contribution in [0, 0.1) is 12.7 Å². The highest BCUT2D eigenvalue weighted by molar-refractivity contribution is 5.91. The van der Waals surface area contributed by atoms with E-state index in [-0.39, 0.29) is 18.3 Å². The van der Waals surface area contributed by atoms with Gasteiger partial charge in [0.05, 0.1) is 12.2 Å². The number of carbonyl (C=O) groups excluding carboxylic acids is 1. The highest BCUT2D eigenvalue weighted by Gasteiger charge is 2.21.